The second kappa shape index (κ2) is 5.16. The first-order valence-corrected chi connectivity index (χ1v) is 5.63. The lowest BCUT2D eigenvalue weighted by atomic mass is 10.0. The maximum atomic E-state index is 13.4. The molecule has 20 heavy (non-hydrogen) atoms. The molecule has 0 fully saturated rings. The van der Waals surface area contributed by atoms with Crippen LogP contribution in [0.15, 0.2) is 30.5 Å². The predicted octanol–water partition coefficient (Wildman–Crippen LogP) is 3.02. The van der Waals surface area contributed by atoms with Gasteiger partial charge in [-0.3, -0.25) is 0 Å². The largest absolute Gasteiger partial charge is 0.419 e. The number of hydrogen-bond acceptors (Lipinski definition) is 3. The summed E-state index contributed by atoms with van der Waals surface area (Å²) in [5.74, 6) is -1.03. The first-order chi connectivity index (χ1) is 9.29. The third-order valence-corrected chi connectivity index (χ3v) is 2.69. The summed E-state index contributed by atoms with van der Waals surface area (Å²) in [6.45, 7) is 1.60. The summed E-state index contributed by atoms with van der Waals surface area (Å²) in [5, 5.41) is 10.00. The molecule has 0 amide bonds. The van der Waals surface area contributed by atoms with Gasteiger partial charge in [0, 0.05) is 6.20 Å². The van der Waals surface area contributed by atoms with E-state index in [1.165, 1.54) is 12.3 Å². The molecule has 0 radical (unpaired) electrons. The van der Waals surface area contributed by atoms with Crippen molar-refractivity contribution in [2.75, 3.05) is 0 Å². The van der Waals surface area contributed by atoms with Crippen LogP contribution in [0.2, 0.25) is 0 Å². The summed E-state index contributed by atoms with van der Waals surface area (Å²) in [5.41, 5.74) is -1.18. The van der Waals surface area contributed by atoms with Crippen LogP contribution in [0.1, 0.15) is 28.7 Å². The standard InChI is InChI=1S/C13H10F4N2O/c1-7-18-5-4-11(19-7)12(20)8-2-3-9(10(14)6-8)13(15,16)17/h2-6,12,20H,1H3. The molecule has 3 nitrogen and oxygen atoms in total. The van der Waals surface area contributed by atoms with Crippen LogP contribution in [-0.4, -0.2) is 15.1 Å². The van der Waals surface area contributed by atoms with E-state index in [2.05, 4.69) is 9.97 Å². The van der Waals surface area contributed by atoms with E-state index in [-0.39, 0.29) is 11.3 Å². The van der Waals surface area contributed by atoms with Gasteiger partial charge in [0.25, 0.3) is 0 Å². The highest BCUT2D eigenvalue weighted by molar-refractivity contribution is 5.31. The molecule has 0 bridgehead atoms. The molecule has 2 rings (SSSR count). The third-order valence-electron chi connectivity index (χ3n) is 2.69. The highest BCUT2D eigenvalue weighted by Crippen LogP contribution is 2.33. The summed E-state index contributed by atoms with van der Waals surface area (Å²) in [4.78, 5) is 7.78. The minimum Gasteiger partial charge on any atom is -0.382 e. The maximum Gasteiger partial charge on any atom is 0.419 e. The summed E-state index contributed by atoms with van der Waals surface area (Å²) in [6.07, 6.45) is -4.67. The van der Waals surface area contributed by atoms with Crippen LogP contribution in [0.3, 0.4) is 0 Å². The number of aliphatic hydroxyl groups excluding tert-OH is 1. The van der Waals surface area contributed by atoms with E-state index in [0.29, 0.717) is 18.0 Å². The SMILES string of the molecule is Cc1nccc(C(O)c2ccc(C(F)(F)F)c(F)c2)n1. The molecular formula is C13H10F4N2O. The van der Waals surface area contributed by atoms with Gasteiger partial charge in [-0.2, -0.15) is 13.2 Å². The fourth-order valence-corrected chi connectivity index (χ4v) is 1.73. The average molecular weight is 286 g/mol. The summed E-state index contributed by atoms with van der Waals surface area (Å²) in [6, 6.07) is 3.69. The normalized spacial score (nSPS) is 13.3. The number of halogens is 4. The first-order valence-electron chi connectivity index (χ1n) is 5.63. The predicted molar refractivity (Wildman–Crippen MR) is 62.2 cm³/mol. The first kappa shape index (κ1) is 14.4. The number of aromatic nitrogens is 2. The minimum atomic E-state index is -4.76. The van der Waals surface area contributed by atoms with E-state index in [9.17, 15) is 22.7 Å². The molecule has 1 N–H and O–H groups in total. The van der Waals surface area contributed by atoms with Gasteiger partial charge < -0.3 is 5.11 Å². The van der Waals surface area contributed by atoms with Gasteiger partial charge in [0.1, 0.15) is 17.7 Å². The molecule has 106 valence electrons. The molecule has 0 aliphatic heterocycles. The summed E-state index contributed by atoms with van der Waals surface area (Å²) in [7, 11) is 0. The van der Waals surface area contributed by atoms with Gasteiger partial charge in [0.05, 0.1) is 11.3 Å². The van der Waals surface area contributed by atoms with Crippen molar-refractivity contribution in [1.29, 1.82) is 0 Å². The zero-order valence-corrected chi connectivity index (χ0v) is 10.3. The fourth-order valence-electron chi connectivity index (χ4n) is 1.73. The maximum absolute atomic E-state index is 13.4. The van der Waals surface area contributed by atoms with Gasteiger partial charge in [-0.15, -0.1) is 0 Å². The van der Waals surface area contributed by atoms with Crippen molar-refractivity contribution in [1.82, 2.24) is 9.97 Å². The van der Waals surface area contributed by atoms with Gasteiger partial charge in [-0.25, -0.2) is 14.4 Å². The molecule has 0 spiro atoms. The number of alkyl halides is 3. The van der Waals surface area contributed by atoms with Crippen LogP contribution < -0.4 is 0 Å². The van der Waals surface area contributed by atoms with Crippen LogP contribution in [0, 0.1) is 12.7 Å². The Kier molecular flexibility index (Phi) is 3.71. The molecule has 0 aliphatic rings. The number of hydrogen-bond donors (Lipinski definition) is 1. The Hall–Kier alpha value is -2.02. The Labute approximate surface area is 111 Å². The van der Waals surface area contributed by atoms with Crippen molar-refractivity contribution in [3.63, 3.8) is 0 Å². The van der Waals surface area contributed by atoms with Crippen molar-refractivity contribution in [2.45, 2.75) is 19.2 Å². The van der Waals surface area contributed by atoms with Crippen LogP contribution in [0.4, 0.5) is 17.6 Å². The van der Waals surface area contributed by atoms with Crippen molar-refractivity contribution >= 4 is 0 Å². The molecule has 1 heterocycles. The Morgan fingerprint density at radius 3 is 2.45 bits per heavy atom. The van der Waals surface area contributed by atoms with E-state index in [1.807, 2.05) is 0 Å². The summed E-state index contributed by atoms with van der Waals surface area (Å²) >= 11 is 0. The number of nitrogens with zero attached hydrogens (tertiary/aromatic N) is 2. The highest BCUT2D eigenvalue weighted by atomic mass is 19.4. The number of rotatable bonds is 2. The second-order valence-corrected chi connectivity index (χ2v) is 4.17. The van der Waals surface area contributed by atoms with Crippen molar-refractivity contribution in [3.8, 4) is 0 Å². The molecule has 1 unspecified atom stereocenters. The monoisotopic (exact) mass is 286 g/mol. The van der Waals surface area contributed by atoms with Gasteiger partial charge >= 0.3 is 6.18 Å². The topological polar surface area (TPSA) is 46.0 Å². The lowest BCUT2D eigenvalue weighted by Crippen LogP contribution is -2.10. The smallest absolute Gasteiger partial charge is 0.382 e. The molecule has 0 aliphatic carbocycles. The lowest BCUT2D eigenvalue weighted by molar-refractivity contribution is -0.140. The minimum absolute atomic E-state index is 0.00593. The van der Waals surface area contributed by atoms with Gasteiger partial charge in [0.15, 0.2) is 0 Å². The second-order valence-electron chi connectivity index (χ2n) is 4.17. The van der Waals surface area contributed by atoms with E-state index in [1.54, 1.807) is 6.92 Å². The Balaban J connectivity index is 2.37. The van der Waals surface area contributed by atoms with Gasteiger partial charge in [0.2, 0.25) is 0 Å². The van der Waals surface area contributed by atoms with Crippen LogP contribution in [-0.2, 0) is 6.18 Å². The Morgan fingerprint density at radius 2 is 1.90 bits per heavy atom. The molecule has 1 atom stereocenters. The fraction of sp³-hybridized carbons (Fsp3) is 0.231. The number of benzene rings is 1. The van der Waals surface area contributed by atoms with Crippen molar-refractivity contribution in [3.05, 3.63) is 58.9 Å². The quantitative estimate of drug-likeness (QED) is 0.863. The molecule has 1 aromatic carbocycles. The zero-order chi connectivity index (χ0) is 14.9. The summed E-state index contributed by atoms with van der Waals surface area (Å²) < 4.78 is 50.7. The molecular weight excluding hydrogens is 276 g/mol. The van der Waals surface area contributed by atoms with E-state index in [0.717, 1.165) is 6.07 Å². The zero-order valence-electron chi connectivity index (χ0n) is 10.3. The third kappa shape index (κ3) is 2.93. The van der Waals surface area contributed by atoms with Crippen molar-refractivity contribution < 1.29 is 22.7 Å². The van der Waals surface area contributed by atoms with E-state index >= 15 is 0 Å². The Bertz CT molecular complexity index is 628. The average Bonchev–Trinajstić information content (AvgIpc) is 2.36. The van der Waals surface area contributed by atoms with Gasteiger partial charge in [-0.1, -0.05) is 6.07 Å². The number of aliphatic hydroxyl groups is 1. The highest BCUT2D eigenvalue weighted by Gasteiger charge is 2.34. The van der Waals surface area contributed by atoms with Crippen LogP contribution in [0.25, 0.3) is 0 Å². The van der Waals surface area contributed by atoms with Crippen LogP contribution >= 0.6 is 0 Å². The Morgan fingerprint density at radius 1 is 1.20 bits per heavy atom. The molecule has 2 aromatic rings. The molecule has 0 saturated heterocycles. The molecule has 0 saturated carbocycles. The number of aryl methyl sites for hydroxylation is 1. The van der Waals surface area contributed by atoms with E-state index < -0.39 is 23.7 Å². The van der Waals surface area contributed by atoms with Gasteiger partial charge in [-0.05, 0) is 30.7 Å². The van der Waals surface area contributed by atoms with E-state index in [4.69, 9.17) is 0 Å². The molecule has 7 heteroatoms. The van der Waals surface area contributed by atoms with Crippen molar-refractivity contribution in [2.24, 2.45) is 0 Å². The van der Waals surface area contributed by atoms with Crippen LogP contribution in [0.5, 0.6) is 0 Å². The lowest BCUT2D eigenvalue weighted by Gasteiger charge is -2.13. The molecule has 1 aromatic heterocycles.